The van der Waals surface area contributed by atoms with E-state index >= 15 is 0 Å². The Kier molecular flexibility index (Phi) is 5.61. The zero-order chi connectivity index (χ0) is 15.9. The van der Waals surface area contributed by atoms with Crippen LogP contribution in [0.25, 0.3) is 0 Å². The Morgan fingerprint density at radius 3 is 2.18 bits per heavy atom. The summed E-state index contributed by atoms with van der Waals surface area (Å²) in [6, 6.07) is 15.5. The zero-order valence-corrected chi connectivity index (χ0v) is 12.7. The van der Waals surface area contributed by atoms with E-state index in [4.69, 9.17) is 0 Å². The Hall–Kier alpha value is -2.26. The van der Waals surface area contributed by atoms with Crippen molar-refractivity contribution in [1.29, 1.82) is 0 Å². The van der Waals surface area contributed by atoms with Gasteiger partial charge in [0.05, 0.1) is 0 Å². The second-order valence-electron chi connectivity index (χ2n) is 5.25. The van der Waals surface area contributed by atoms with Gasteiger partial charge in [-0.1, -0.05) is 67.9 Å². The number of hydrogen-bond acceptors (Lipinski definition) is 3. The van der Waals surface area contributed by atoms with Gasteiger partial charge in [0.2, 0.25) is 0 Å². The zero-order valence-electron chi connectivity index (χ0n) is 12.7. The molecule has 3 heteroatoms. The van der Waals surface area contributed by atoms with Gasteiger partial charge in [-0.25, -0.2) is 0 Å². The number of hydrogen-bond donors (Lipinski definition) is 1. The van der Waals surface area contributed by atoms with Crippen LogP contribution in [-0.4, -0.2) is 16.7 Å². The minimum atomic E-state index is -1.25. The third-order valence-corrected chi connectivity index (χ3v) is 3.61. The highest BCUT2D eigenvalue weighted by atomic mass is 16.3. The number of rotatable bonds is 7. The van der Waals surface area contributed by atoms with Crippen molar-refractivity contribution in [3.05, 3.63) is 71.3 Å². The number of benzene rings is 2. The minimum absolute atomic E-state index is 0.0499. The number of aliphatic hydroxyl groups excluding tert-OH is 1. The summed E-state index contributed by atoms with van der Waals surface area (Å²) >= 11 is 0. The largest absolute Gasteiger partial charge is 0.380 e. The van der Waals surface area contributed by atoms with Gasteiger partial charge < -0.3 is 5.11 Å². The van der Waals surface area contributed by atoms with Crippen LogP contribution in [0.15, 0.2) is 54.6 Å². The monoisotopic (exact) mass is 296 g/mol. The molecule has 2 aromatic rings. The number of carbonyl (C=O) groups excluding carboxylic acids is 2. The quantitative estimate of drug-likeness (QED) is 0.786. The van der Waals surface area contributed by atoms with E-state index in [0.29, 0.717) is 23.1 Å². The van der Waals surface area contributed by atoms with E-state index in [1.54, 1.807) is 48.5 Å². The predicted octanol–water partition coefficient (Wildman–Crippen LogP) is 3.98. The minimum Gasteiger partial charge on any atom is -0.380 e. The lowest BCUT2D eigenvalue weighted by atomic mass is 9.93. The molecule has 0 aliphatic carbocycles. The first-order valence-electron chi connectivity index (χ1n) is 7.54. The van der Waals surface area contributed by atoms with Gasteiger partial charge >= 0.3 is 0 Å². The smallest absolute Gasteiger partial charge is 0.196 e. The molecule has 2 aromatic carbocycles. The average Bonchev–Trinajstić information content (AvgIpc) is 2.59. The van der Waals surface area contributed by atoms with Crippen molar-refractivity contribution in [1.82, 2.24) is 0 Å². The average molecular weight is 296 g/mol. The molecule has 0 aromatic heterocycles. The fourth-order valence-corrected chi connectivity index (χ4v) is 2.35. The maximum atomic E-state index is 12.5. The molecule has 2 rings (SSSR count). The topological polar surface area (TPSA) is 54.4 Å². The number of carbonyl (C=O) groups is 2. The molecule has 0 aliphatic rings. The summed E-state index contributed by atoms with van der Waals surface area (Å²) < 4.78 is 0. The highest BCUT2D eigenvalue weighted by molar-refractivity contribution is 6.10. The molecule has 0 fully saturated rings. The summed E-state index contributed by atoms with van der Waals surface area (Å²) in [5.74, 6) is -0.488. The summed E-state index contributed by atoms with van der Waals surface area (Å²) in [6.45, 7) is 2.02. The van der Waals surface area contributed by atoms with Gasteiger partial charge in [0, 0.05) is 17.5 Å². The molecule has 0 heterocycles. The Labute approximate surface area is 130 Å². The van der Waals surface area contributed by atoms with Crippen LogP contribution in [0, 0.1) is 0 Å². The molecule has 0 saturated heterocycles. The lowest BCUT2D eigenvalue weighted by molar-refractivity contribution is 0.0743. The second-order valence-corrected chi connectivity index (χ2v) is 5.25. The van der Waals surface area contributed by atoms with Crippen LogP contribution in [0.2, 0.25) is 0 Å². The molecule has 0 bridgehead atoms. The fraction of sp³-hybridized carbons (Fsp3) is 0.263. The van der Waals surface area contributed by atoms with E-state index in [9.17, 15) is 14.7 Å². The summed E-state index contributed by atoms with van der Waals surface area (Å²) in [6.07, 6.45) is 0.889. The molecule has 1 N–H and O–H groups in total. The van der Waals surface area contributed by atoms with Crippen LogP contribution in [0.1, 0.15) is 58.6 Å². The van der Waals surface area contributed by atoms with Crippen molar-refractivity contribution in [2.24, 2.45) is 0 Å². The van der Waals surface area contributed by atoms with Crippen LogP contribution < -0.4 is 0 Å². The maximum absolute atomic E-state index is 12.5. The van der Waals surface area contributed by atoms with E-state index in [-0.39, 0.29) is 5.78 Å². The van der Waals surface area contributed by atoms with E-state index in [2.05, 4.69) is 0 Å². The van der Waals surface area contributed by atoms with Gasteiger partial charge in [0.25, 0.3) is 0 Å². The highest BCUT2D eigenvalue weighted by Gasteiger charge is 2.23. The summed E-state index contributed by atoms with van der Waals surface area (Å²) in [4.78, 5) is 24.8. The molecule has 3 nitrogen and oxygen atoms in total. The third kappa shape index (κ3) is 3.68. The van der Waals surface area contributed by atoms with Crippen LogP contribution in [0.3, 0.4) is 0 Å². The predicted molar refractivity (Wildman–Crippen MR) is 86.0 cm³/mol. The number of Topliss-reactive ketones (excluding diaryl/α,β-unsaturated/α-hetero) is 2. The first-order chi connectivity index (χ1) is 10.6. The van der Waals surface area contributed by atoms with Crippen molar-refractivity contribution < 1.29 is 14.7 Å². The lowest BCUT2D eigenvalue weighted by Crippen LogP contribution is -2.16. The third-order valence-electron chi connectivity index (χ3n) is 3.61. The van der Waals surface area contributed by atoms with E-state index < -0.39 is 11.9 Å². The standard InChI is InChI=1S/C19H20O3/c1-2-3-13-17(20)15-11-7-8-12-16(15)19(22)18(21)14-9-5-4-6-10-14/h4-12,18,21H,2-3,13H2,1H3. The second kappa shape index (κ2) is 7.66. The van der Waals surface area contributed by atoms with Gasteiger partial charge in [-0.2, -0.15) is 0 Å². The molecule has 0 spiro atoms. The van der Waals surface area contributed by atoms with E-state index in [1.165, 1.54) is 0 Å². The molecule has 0 aliphatic heterocycles. The SMILES string of the molecule is CCCCC(=O)c1ccccc1C(=O)C(O)c1ccccc1. The van der Waals surface area contributed by atoms with Crippen LogP contribution in [-0.2, 0) is 0 Å². The summed E-state index contributed by atoms with van der Waals surface area (Å²) in [5, 5.41) is 10.3. The van der Waals surface area contributed by atoms with Crippen molar-refractivity contribution in [3.8, 4) is 0 Å². The molecular weight excluding hydrogens is 276 g/mol. The van der Waals surface area contributed by atoms with Gasteiger partial charge in [0.15, 0.2) is 11.6 Å². The normalized spacial score (nSPS) is 11.9. The van der Waals surface area contributed by atoms with Gasteiger partial charge in [-0.05, 0) is 12.0 Å². The Bertz CT molecular complexity index is 647. The van der Waals surface area contributed by atoms with E-state index in [0.717, 1.165) is 12.8 Å². The number of aliphatic hydroxyl groups is 1. The van der Waals surface area contributed by atoms with Gasteiger partial charge in [0.1, 0.15) is 6.10 Å². The fourth-order valence-electron chi connectivity index (χ4n) is 2.35. The number of ketones is 2. The molecule has 0 amide bonds. The molecule has 0 radical (unpaired) electrons. The van der Waals surface area contributed by atoms with Crippen LogP contribution in [0.5, 0.6) is 0 Å². The first-order valence-corrected chi connectivity index (χ1v) is 7.54. The molecule has 114 valence electrons. The number of unbranched alkanes of at least 4 members (excludes halogenated alkanes) is 1. The molecule has 1 atom stereocenters. The Balaban J connectivity index is 2.28. The van der Waals surface area contributed by atoms with Crippen LogP contribution in [0.4, 0.5) is 0 Å². The maximum Gasteiger partial charge on any atom is 0.196 e. The Morgan fingerprint density at radius 2 is 1.55 bits per heavy atom. The molecule has 0 saturated carbocycles. The van der Waals surface area contributed by atoms with Crippen molar-refractivity contribution in [2.75, 3.05) is 0 Å². The van der Waals surface area contributed by atoms with Crippen molar-refractivity contribution in [3.63, 3.8) is 0 Å². The van der Waals surface area contributed by atoms with E-state index in [1.807, 2.05) is 13.0 Å². The van der Waals surface area contributed by atoms with Crippen molar-refractivity contribution >= 4 is 11.6 Å². The first kappa shape index (κ1) is 16.1. The molecular formula is C19H20O3. The van der Waals surface area contributed by atoms with Crippen LogP contribution >= 0.6 is 0 Å². The van der Waals surface area contributed by atoms with Gasteiger partial charge in [-0.15, -0.1) is 0 Å². The Morgan fingerprint density at radius 1 is 0.955 bits per heavy atom. The molecule has 22 heavy (non-hydrogen) atoms. The summed E-state index contributed by atoms with van der Waals surface area (Å²) in [5.41, 5.74) is 1.22. The summed E-state index contributed by atoms with van der Waals surface area (Å²) in [7, 11) is 0. The lowest BCUT2D eigenvalue weighted by Gasteiger charge is -2.13. The highest BCUT2D eigenvalue weighted by Crippen LogP contribution is 2.22. The van der Waals surface area contributed by atoms with Gasteiger partial charge in [-0.3, -0.25) is 9.59 Å². The van der Waals surface area contributed by atoms with Crippen molar-refractivity contribution in [2.45, 2.75) is 32.3 Å². The molecule has 1 unspecified atom stereocenters.